The molecule has 0 atom stereocenters. The van der Waals surface area contributed by atoms with Gasteiger partial charge in [0.15, 0.2) is 0 Å². The number of aryl methyl sites for hydroxylation is 1. The van der Waals surface area contributed by atoms with Crippen LogP contribution in [0, 0.1) is 6.92 Å². The summed E-state index contributed by atoms with van der Waals surface area (Å²) in [5.74, 6) is 0.476. The maximum atomic E-state index is 13.2. The molecule has 0 radical (unpaired) electrons. The van der Waals surface area contributed by atoms with Gasteiger partial charge in [-0.25, -0.2) is 0 Å². The molecule has 3 aromatic rings. The minimum absolute atomic E-state index is 0.138. The van der Waals surface area contributed by atoms with Crippen LogP contribution in [0.1, 0.15) is 47.8 Å². The second-order valence-corrected chi connectivity index (χ2v) is 8.46. The van der Waals surface area contributed by atoms with Gasteiger partial charge >= 0.3 is 0 Å². The lowest BCUT2D eigenvalue weighted by Crippen LogP contribution is -2.34. The van der Waals surface area contributed by atoms with Crippen LogP contribution in [-0.2, 0) is 0 Å². The molecule has 0 saturated carbocycles. The normalized spacial score (nSPS) is 15.8. The molecular weight excluding hydrogens is 360 g/mol. The molecule has 3 heterocycles. The van der Waals surface area contributed by atoms with Crippen LogP contribution in [0.4, 0.5) is 0 Å². The van der Waals surface area contributed by atoms with Gasteiger partial charge < -0.3 is 14.8 Å². The Kier molecular flexibility index (Phi) is 5.41. The SMILES string of the molecule is Cc1cc(-c2[nH]c3ccc(C(=O)N4CCCN(C)CC4)cc3c2C(C)C)ccn1. The minimum atomic E-state index is 0.138. The quantitative estimate of drug-likeness (QED) is 0.719. The van der Waals surface area contributed by atoms with E-state index in [9.17, 15) is 4.79 Å². The third-order valence-corrected chi connectivity index (χ3v) is 5.86. The van der Waals surface area contributed by atoms with E-state index in [0.29, 0.717) is 5.92 Å². The average Bonchev–Trinajstić information content (AvgIpc) is 2.95. The zero-order chi connectivity index (χ0) is 20.5. The summed E-state index contributed by atoms with van der Waals surface area (Å²) in [6, 6.07) is 10.2. The van der Waals surface area contributed by atoms with Crippen molar-refractivity contribution in [3.8, 4) is 11.3 Å². The lowest BCUT2D eigenvalue weighted by atomic mass is 9.95. The van der Waals surface area contributed by atoms with Gasteiger partial charge in [-0.3, -0.25) is 9.78 Å². The predicted molar refractivity (Wildman–Crippen MR) is 118 cm³/mol. The standard InChI is InChI=1S/C24H30N4O/c1-16(2)22-20-15-19(24(29)28-11-5-10-27(4)12-13-28)6-7-21(20)26-23(22)18-8-9-25-17(3)14-18/h6-9,14-16,26H,5,10-13H2,1-4H3. The fraction of sp³-hybridized carbons (Fsp3) is 0.417. The van der Waals surface area contributed by atoms with Gasteiger partial charge in [0, 0.05) is 53.6 Å². The monoisotopic (exact) mass is 390 g/mol. The second kappa shape index (κ2) is 7.99. The topological polar surface area (TPSA) is 52.2 Å². The number of rotatable bonds is 3. The van der Waals surface area contributed by atoms with E-state index in [0.717, 1.165) is 66.0 Å². The molecule has 1 aliphatic rings. The first-order valence-electron chi connectivity index (χ1n) is 10.5. The largest absolute Gasteiger partial charge is 0.354 e. The van der Waals surface area contributed by atoms with Crippen molar-refractivity contribution in [3.63, 3.8) is 0 Å². The number of nitrogens with one attached hydrogen (secondary N) is 1. The Morgan fingerprint density at radius 2 is 1.93 bits per heavy atom. The summed E-state index contributed by atoms with van der Waals surface area (Å²) in [6.07, 6.45) is 2.88. The number of carbonyl (C=O) groups excluding carboxylic acids is 1. The highest BCUT2D eigenvalue weighted by molar-refractivity contribution is 6.00. The molecule has 1 aromatic carbocycles. The molecule has 1 N–H and O–H groups in total. The maximum absolute atomic E-state index is 13.2. The average molecular weight is 391 g/mol. The summed E-state index contributed by atoms with van der Waals surface area (Å²) in [7, 11) is 2.12. The van der Waals surface area contributed by atoms with Crippen LogP contribution in [0.15, 0.2) is 36.5 Å². The molecule has 152 valence electrons. The Morgan fingerprint density at radius 1 is 1.10 bits per heavy atom. The van der Waals surface area contributed by atoms with Crippen LogP contribution >= 0.6 is 0 Å². The number of fused-ring (bicyclic) bond motifs is 1. The van der Waals surface area contributed by atoms with E-state index in [1.807, 2.05) is 30.2 Å². The molecule has 5 heteroatoms. The molecular formula is C24H30N4O. The fourth-order valence-corrected chi connectivity index (χ4v) is 4.31. The summed E-state index contributed by atoms with van der Waals surface area (Å²) >= 11 is 0. The molecule has 0 spiro atoms. The van der Waals surface area contributed by atoms with Gasteiger partial charge in [0.2, 0.25) is 0 Å². The summed E-state index contributed by atoms with van der Waals surface area (Å²) in [6.45, 7) is 10.0. The predicted octanol–water partition coefficient (Wildman–Crippen LogP) is 4.44. The number of benzene rings is 1. The van der Waals surface area contributed by atoms with Crippen LogP contribution in [0.25, 0.3) is 22.2 Å². The number of H-pyrrole nitrogens is 1. The van der Waals surface area contributed by atoms with Crippen LogP contribution in [0.5, 0.6) is 0 Å². The number of aromatic nitrogens is 2. The number of hydrogen-bond donors (Lipinski definition) is 1. The van der Waals surface area contributed by atoms with Crippen LogP contribution < -0.4 is 0 Å². The smallest absolute Gasteiger partial charge is 0.253 e. The third kappa shape index (κ3) is 3.92. The first-order chi connectivity index (χ1) is 13.9. The van der Waals surface area contributed by atoms with Crippen molar-refractivity contribution in [3.05, 3.63) is 53.3 Å². The highest BCUT2D eigenvalue weighted by Crippen LogP contribution is 2.36. The molecule has 0 bridgehead atoms. The van der Waals surface area contributed by atoms with E-state index in [2.05, 4.69) is 54.0 Å². The molecule has 1 aliphatic heterocycles. The van der Waals surface area contributed by atoms with Gasteiger partial charge in [-0.2, -0.15) is 0 Å². The van der Waals surface area contributed by atoms with E-state index in [1.165, 1.54) is 5.56 Å². The first-order valence-corrected chi connectivity index (χ1v) is 10.5. The molecule has 0 unspecified atom stereocenters. The fourth-order valence-electron chi connectivity index (χ4n) is 4.31. The van der Waals surface area contributed by atoms with Gasteiger partial charge in [0.25, 0.3) is 5.91 Å². The molecule has 2 aromatic heterocycles. The molecule has 4 rings (SSSR count). The highest BCUT2D eigenvalue weighted by atomic mass is 16.2. The summed E-state index contributed by atoms with van der Waals surface area (Å²) in [5.41, 5.74) is 6.38. The van der Waals surface area contributed by atoms with Gasteiger partial charge in [-0.1, -0.05) is 13.8 Å². The number of pyridine rings is 1. The van der Waals surface area contributed by atoms with Crippen molar-refractivity contribution in [1.29, 1.82) is 0 Å². The summed E-state index contributed by atoms with van der Waals surface area (Å²) in [5, 5.41) is 1.14. The van der Waals surface area contributed by atoms with Gasteiger partial charge in [-0.05, 0) is 68.8 Å². The molecule has 1 saturated heterocycles. The van der Waals surface area contributed by atoms with E-state index in [-0.39, 0.29) is 5.91 Å². The summed E-state index contributed by atoms with van der Waals surface area (Å²) < 4.78 is 0. The van der Waals surface area contributed by atoms with E-state index >= 15 is 0 Å². The Labute approximate surface area is 172 Å². The van der Waals surface area contributed by atoms with E-state index < -0.39 is 0 Å². The second-order valence-electron chi connectivity index (χ2n) is 8.46. The Hall–Kier alpha value is -2.66. The Morgan fingerprint density at radius 3 is 2.69 bits per heavy atom. The van der Waals surface area contributed by atoms with Crippen LogP contribution in [0.3, 0.4) is 0 Å². The number of amides is 1. The van der Waals surface area contributed by atoms with Crippen molar-refractivity contribution in [2.45, 2.75) is 33.1 Å². The molecule has 5 nitrogen and oxygen atoms in total. The molecule has 1 fully saturated rings. The summed E-state index contributed by atoms with van der Waals surface area (Å²) in [4.78, 5) is 25.4. The molecule has 29 heavy (non-hydrogen) atoms. The lowest BCUT2D eigenvalue weighted by Gasteiger charge is -2.20. The highest BCUT2D eigenvalue weighted by Gasteiger charge is 2.21. The van der Waals surface area contributed by atoms with Crippen molar-refractivity contribution in [2.24, 2.45) is 0 Å². The number of hydrogen-bond acceptors (Lipinski definition) is 3. The number of nitrogens with zero attached hydrogens (tertiary/aromatic N) is 3. The van der Waals surface area contributed by atoms with Crippen LogP contribution in [0.2, 0.25) is 0 Å². The van der Waals surface area contributed by atoms with Gasteiger partial charge in [0.05, 0.1) is 5.69 Å². The Bertz CT molecular complexity index is 1040. The van der Waals surface area contributed by atoms with Crippen LogP contribution in [-0.4, -0.2) is 58.9 Å². The van der Waals surface area contributed by atoms with Crippen molar-refractivity contribution >= 4 is 16.8 Å². The van der Waals surface area contributed by atoms with Gasteiger partial charge in [-0.15, -0.1) is 0 Å². The molecule has 0 aliphatic carbocycles. The molecule has 1 amide bonds. The number of aromatic amines is 1. The third-order valence-electron chi connectivity index (χ3n) is 5.86. The van der Waals surface area contributed by atoms with Gasteiger partial charge in [0.1, 0.15) is 0 Å². The zero-order valence-electron chi connectivity index (χ0n) is 17.8. The van der Waals surface area contributed by atoms with Crippen molar-refractivity contribution in [1.82, 2.24) is 19.8 Å². The zero-order valence-corrected chi connectivity index (χ0v) is 17.8. The Balaban J connectivity index is 1.75. The maximum Gasteiger partial charge on any atom is 0.253 e. The number of carbonyl (C=O) groups is 1. The number of likely N-dealkylation sites (N-methyl/N-ethyl adjacent to an activating group) is 1. The first kappa shape index (κ1) is 19.6. The van der Waals surface area contributed by atoms with Crippen molar-refractivity contribution < 1.29 is 4.79 Å². The van der Waals surface area contributed by atoms with Crippen molar-refractivity contribution in [2.75, 3.05) is 33.2 Å². The minimum Gasteiger partial charge on any atom is -0.354 e. The lowest BCUT2D eigenvalue weighted by molar-refractivity contribution is 0.0763. The van der Waals surface area contributed by atoms with E-state index in [4.69, 9.17) is 0 Å². The van der Waals surface area contributed by atoms with E-state index in [1.54, 1.807) is 0 Å².